The van der Waals surface area contributed by atoms with Crippen LogP contribution >= 0.6 is 0 Å². The molecular formula is C21H30N2. The summed E-state index contributed by atoms with van der Waals surface area (Å²) in [6.45, 7) is 11.2. The van der Waals surface area contributed by atoms with Gasteiger partial charge in [-0.2, -0.15) is 0 Å². The third-order valence-electron chi connectivity index (χ3n) is 5.04. The average molecular weight is 310 g/mol. The highest BCUT2D eigenvalue weighted by atomic mass is 15.2. The molecule has 0 aromatic heterocycles. The van der Waals surface area contributed by atoms with Gasteiger partial charge in [0.05, 0.1) is 0 Å². The van der Waals surface area contributed by atoms with E-state index in [-0.39, 0.29) is 0 Å². The molecule has 0 bridgehead atoms. The van der Waals surface area contributed by atoms with Crippen LogP contribution in [0.5, 0.6) is 0 Å². The maximum Gasteiger partial charge on any atom is 0.0408 e. The number of benzene rings is 1. The third-order valence-corrected chi connectivity index (χ3v) is 5.04. The van der Waals surface area contributed by atoms with Gasteiger partial charge in [0.25, 0.3) is 0 Å². The van der Waals surface area contributed by atoms with E-state index in [4.69, 9.17) is 0 Å². The van der Waals surface area contributed by atoms with Crippen molar-refractivity contribution in [3.8, 4) is 0 Å². The molecule has 0 radical (unpaired) electrons. The molecule has 2 aliphatic heterocycles. The van der Waals surface area contributed by atoms with Gasteiger partial charge in [-0.15, -0.1) is 0 Å². The third kappa shape index (κ3) is 4.26. The fourth-order valence-electron chi connectivity index (χ4n) is 3.74. The Kier molecular flexibility index (Phi) is 5.56. The highest BCUT2D eigenvalue weighted by Gasteiger charge is 2.24. The van der Waals surface area contributed by atoms with E-state index < -0.39 is 0 Å². The first-order valence-electron chi connectivity index (χ1n) is 9.19. The normalized spacial score (nSPS) is 23.1. The van der Waals surface area contributed by atoms with Gasteiger partial charge in [-0.1, -0.05) is 44.2 Å². The topological polar surface area (TPSA) is 6.48 Å². The van der Waals surface area contributed by atoms with E-state index in [1.165, 1.54) is 49.3 Å². The predicted molar refractivity (Wildman–Crippen MR) is 99.6 cm³/mol. The first-order chi connectivity index (χ1) is 11.3. The summed E-state index contributed by atoms with van der Waals surface area (Å²) in [4.78, 5) is 4.97. The quantitative estimate of drug-likeness (QED) is 0.708. The van der Waals surface area contributed by atoms with Crippen molar-refractivity contribution >= 4 is 5.69 Å². The average Bonchev–Trinajstić information content (AvgIpc) is 2.95. The van der Waals surface area contributed by atoms with Crippen molar-refractivity contribution in [1.82, 2.24) is 4.90 Å². The molecule has 1 aromatic rings. The molecule has 1 unspecified atom stereocenters. The van der Waals surface area contributed by atoms with Gasteiger partial charge in [0, 0.05) is 30.4 Å². The van der Waals surface area contributed by atoms with Gasteiger partial charge >= 0.3 is 0 Å². The summed E-state index contributed by atoms with van der Waals surface area (Å²) in [5.74, 6) is 0.621. The molecule has 0 aliphatic carbocycles. The van der Waals surface area contributed by atoms with E-state index in [1.54, 1.807) is 0 Å². The second-order valence-corrected chi connectivity index (χ2v) is 6.98. The Balaban J connectivity index is 1.60. The highest BCUT2D eigenvalue weighted by molar-refractivity contribution is 5.54. The Hall–Kier alpha value is -1.54. The molecule has 124 valence electrons. The predicted octanol–water partition coefficient (Wildman–Crippen LogP) is 4.98. The summed E-state index contributed by atoms with van der Waals surface area (Å²) in [6.07, 6.45) is 11.0. The Labute approximate surface area is 141 Å². The minimum atomic E-state index is 0.621. The van der Waals surface area contributed by atoms with Gasteiger partial charge in [-0.25, -0.2) is 0 Å². The molecule has 2 fully saturated rings. The number of hydrogen-bond acceptors (Lipinski definition) is 2. The van der Waals surface area contributed by atoms with Gasteiger partial charge < -0.3 is 4.90 Å². The summed E-state index contributed by atoms with van der Waals surface area (Å²) in [6, 6.07) is 9.14. The summed E-state index contributed by atoms with van der Waals surface area (Å²) in [7, 11) is 0. The first-order valence-corrected chi connectivity index (χ1v) is 9.19. The van der Waals surface area contributed by atoms with Crippen molar-refractivity contribution in [3.05, 3.63) is 54.3 Å². The SMILES string of the molecule is C=C1CC(/C=C\CC)CN1c1ccc(CN2CCCCC2)cc1. The van der Waals surface area contributed by atoms with Crippen molar-refractivity contribution in [2.75, 3.05) is 24.5 Å². The van der Waals surface area contributed by atoms with Gasteiger partial charge in [-0.05, 0) is 56.5 Å². The Bertz CT molecular complexity index is 537. The molecule has 0 saturated carbocycles. The van der Waals surface area contributed by atoms with Crippen LogP contribution < -0.4 is 4.90 Å². The molecule has 0 spiro atoms. The van der Waals surface area contributed by atoms with Crippen molar-refractivity contribution in [2.45, 2.75) is 45.6 Å². The van der Waals surface area contributed by atoms with E-state index >= 15 is 0 Å². The van der Waals surface area contributed by atoms with E-state index in [0.29, 0.717) is 5.92 Å². The minimum Gasteiger partial charge on any atom is -0.345 e. The lowest BCUT2D eigenvalue weighted by Gasteiger charge is -2.26. The lowest BCUT2D eigenvalue weighted by molar-refractivity contribution is 0.221. The van der Waals surface area contributed by atoms with Crippen molar-refractivity contribution in [1.29, 1.82) is 0 Å². The lowest BCUT2D eigenvalue weighted by atomic mass is 10.1. The highest BCUT2D eigenvalue weighted by Crippen LogP contribution is 2.31. The monoisotopic (exact) mass is 310 g/mol. The van der Waals surface area contributed by atoms with Crippen LogP contribution in [-0.2, 0) is 6.54 Å². The zero-order valence-electron chi connectivity index (χ0n) is 14.5. The van der Waals surface area contributed by atoms with Crippen LogP contribution in [0.3, 0.4) is 0 Å². The van der Waals surface area contributed by atoms with E-state index in [1.807, 2.05) is 0 Å². The maximum atomic E-state index is 4.27. The van der Waals surface area contributed by atoms with Crippen LogP contribution in [0.15, 0.2) is 48.7 Å². The maximum absolute atomic E-state index is 4.27. The largest absolute Gasteiger partial charge is 0.345 e. The molecule has 2 nitrogen and oxygen atoms in total. The summed E-state index contributed by atoms with van der Waals surface area (Å²) in [5, 5.41) is 0. The summed E-state index contributed by atoms with van der Waals surface area (Å²) >= 11 is 0. The molecule has 3 rings (SSSR count). The fourth-order valence-corrected chi connectivity index (χ4v) is 3.74. The molecule has 0 N–H and O–H groups in total. The van der Waals surface area contributed by atoms with Crippen molar-refractivity contribution in [2.24, 2.45) is 5.92 Å². The number of hydrogen-bond donors (Lipinski definition) is 0. The van der Waals surface area contributed by atoms with Crippen molar-refractivity contribution < 1.29 is 0 Å². The second kappa shape index (κ2) is 7.83. The number of nitrogens with zero attached hydrogens (tertiary/aromatic N) is 2. The fraction of sp³-hybridized carbons (Fsp3) is 0.524. The summed E-state index contributed by atoms with van der Waals surface area (Å²) in [5.41, 5.74) is 3.98. The number of anilines is 1. The van der Waals surface area contributed by atoms with Crippen LogP contribution in [-0.4, -0.2) is 24.5 Å². The number of allylic oxidation sites excluding steroid dienone is 2. The smallest absolute Gasteiger partial charge is 0.0408 e. The molecule has 2 heteroatoms. The molecule has 2 saturated heterocycles. The molecule has 23 heavy (non-hydrogen) atoms. The zero-order chi connectivity index (χ0) is 16.1. The standard InChI is InChI=1S/C21H30N2/c1-3-4-8-20-15-18(2)23(17-20)21-11-9-19(10-12-21)16-22-13-6-5-7-14-22/h4,8-12,20H,2-3,5-7,13-17H2,1H3/b8-4-. The Morgan fingerprint density at radius 3 is 2.57 bits per heavy atom. The van der Waals surface area contributed by atoms with Crippen LogP contribution in [0.4, 0.5) is 5.69 Å². The second-order valence-electron chi connectivity index (χ2n) is 6.98. The van der Waals surface area contributed by atoms with E-state index in [0.717, 1.165) is 25.9 Å². The molecule has 0 amide bonds. The molecular weight excluding hydrogens is 280 g/mol. The van der Waals surface area contributed by atoms with E-state index in [9.17, 15) is 0 Å². The van der Waals surface area contributed by atoms with Crippen LogP contribution in [0.25, 0.3) is 0 Å². The van der Waals surface area contributed by atoms with Crippen molar-refractivity contribution in [3.63, 3.8) is 0 Å². The van der Waals surface area contributed by atoms with Gasteiger partial charge in [-0.3, -0.25) is 4.90 Å². The number of piperidine rings is 1. The lowest BCUT2D eigenvalue weighted by Crippen LogP contribution is -2.29. The van der Waals surface area contributed by atoms with E-state index in [2.05, 4.69) is 59.7 Å². The Morgan fingerprint density at radius 2 is 1.87 bits per heavy atom. The number of likely N-dealkylation sites (tertiary alicyclic amines) is 1. The Morgan fingerprint density at radius 1 is 1.13 bits per heavy atom. The molecule has 1 aromatic carbocycles. The van der Waals surface area contributed by atoms with Gasteiger partial charge in [0.15, 0.2) is 0 Å². The van der Waals surface area contributed by atoms with Crippen LogP contribution in [0, 0.1) is 5.92 Å². The molecule has 2 aliphatic rings. The summed E-state index contributed by atoms with van der Waals surface area (Å²) < 4.78 is 0. The molecule has 2 heterocycles. The molecule has 1 atom stereocenters. The van der Waals surface area contributed by atoms with Crippen LogP contribution in [0.1, 0.15) is 44.6 Å². The minimum absolute atomic E-state index is 0.621. The first kappa shape index (κ1) is 16.3. The van der Waals surface area contributed by atoms with Crippen LogP contribution in [0.2, 0.25) is 0 Å². The number of rotatable bonds is 5. The zero-order valence-corrected chi connectivity index (χ0v) is 14.5. The van der Waals surface area contributed by atoms with Gasteiger partial charge in [0.1, 0.15) is 0 Å². The van der Waals surface area contributed by atoms with Gasteiger partial charge in [0.2, 0.25) is 0 Å².